The first-order chi connectivity index (χ1) is 20.2. The molecule has 0 fully saturated rings. The van der Waals surface area contributed by atoms with Gasteiger partial charge in [0.1, 0.15) is 0 Å². The number of nitrogens with one attached hydrogen (secondary N) is 1. The molecule has 0 aromatic rings. The highest BCUT2D eigenvalue weighted by Gasteiger charge is 2.17. The van der Waals surface area contributed by atoms with Crippen molar-refractivity contribution in [1.82, 2.24) is 5.32 Å². The normalized spacial score (nSPS) is 13.6. The van der Waals surface area contributed by atoms with Gasteiger partial charge in [-0.3, -0.25) is 4.79 Å². The Morgan fingerprint density at radius 1 is 0.561 bits per heavy atom. The molecule has 0 saturated carbocycles. The molecule has 2 unspecified atom stereocenters. The van der Waals surface area contributed by atoms with Crippen LogP contribution in [0, 0.1) is 0 Å². The molecule has 1 amide bonds. The van der Waals surface area contributed by atoms with E-state index >= 15 is 0 Å². The van der Waals surface area contributed by atoms with Crippen LogP contribution in [0.3, 0.4) is 0 Å². The van der Waals surface area contributed by atoms with Crippen LogP contribution in [0.4, 0.5) is 0 Å². The van der Waals surface area contributed by atoms with Gasteiger partial charge in [-0.1, -0.05) is 159 Å². The van der Waals surface area contributed by atoms with Gasteiger partial charge in [0.05, 0.1) is 18.8 Å². The number of allylic oxidation sites excluding steroid dienone is 5. The maximum Gasteiger partial charge on any atom is 0.220 e. The van der Waals surface area contributed by atoms with Crippen LogP contribution in [0.1, 0.15) is 174 Å². The molecule has 0 radical (unpaired) electrons. The van der Waals surface area contributed by atoms with E-state index in [-0.39, 0.29) is 12.5 Å². The van der Waals surface area contributed by atoms with Crippen molar-refractivity contribution in [3.05, 3.63) is 36.5 Å². The minimum atomic E-state index is -0.864. The molecule has 0 heterocycles. The number of amides is 1. The summed E-state index contributed by atoms with van der Waals surface area (Å²) in [6.07, 6.45) is 42.2. The van der Waals surface area contributed by atoms with E-state index in [1.54, 1.807) is 6.08 Å². The average molecular weight is 576 g/mol. The summed E-state index contributed by atoms with van der Waals surface area (Å²) in [4.78, 5) is 12.3. The van der Waals surface area contributed by atoms with Crippen molar-refractivity contribution < 1.29 is 15.0 Å². The number of unbranched alkanes of at least 4 members (excludes halogenated alkanes) is 20. The summed E-state index contributed by atoms with van der Waals surface area (Å²) in [5.41, 5.74) is 0. The Morgan fingerprint density at radius 2 is 0.951 bits per heavy atom. The Kier molecular flexibility index (Phi) is 32.0. The van der Waals surface area contributed by atoms with Crippen molar-refractivity contribution in [3.8, 4) is 0 Å². The van der Waals surface area contributed by atoms with Crippen molar-refractivity contribution in [2.75, 3.05) is 6.61 Å². The second kappa shape index (κ2) is 33.1. The Bertz CT molecular complexity index is 628. The van der Waals surface area contributed by atoms with Crippen LogP contribution in [0.15, 0.2) is 36.5 Å². The third kappa shape index (κ3) is 29.9. The monoisotopic (exact) mass is 576 g/mol. The maximum absolute atomic E-state index is 12.3. The molecular weight excluding hydrogens is 506 g/mol. The Hall–Kier alpha value is -1.39. The van der Waals surface area contributed by atoms with Crippen molar-refractivity contribution in [1.29, 1.82) is 0 Å². The number of carbonyl (C=O) groups is 1. The SMILES string of the molecule is CCCCCCC/C=C/CC/C=C/CC/C=C/C(O)C(CO)NC(=O)CCCCCCCCCCCCCCCC. The molecule has 0 aliphatic heterocycles. The first-order valence-corrected chi connectivity index (χ1v) is 17.7. The highest BCUT2D eigenvalue weighted by molar-refractivity contribution is 5.76. The van der Waals surface area contributed by atoms with Gasteiger partial charge in [-0.2, -0.15) is 0 Å². The summed E-state index contributed by atoms with van der Waals surface area (Å²) in [5.74, 6) is -0.0797. The second-order valence-corrected chi connectivity index (χ2v) is 11.9. The average Bonchev–Trinajstić information content (AvgIpc) is 2.97. The summed E-state index contributed by atoms with van der Waals surface area (Å²) in [7, 11) is 0. The number of hydrogen-bond donors (Lipinski definition) is 3. The summed E-state index contributed by atoms with van der Waals surface area (Å²) in [6.45, 7) is 4.26. The minimum Gasteiger partial charge on any atom is -0.394 e. The molecule has 4 nitrogen and oxygen atoms in total. The Morgan fingerprint density at radius 3 is 1.41 bits per heavy atom. The molecule has 41 heavy (non-hydrogen) atoms. The molecule has 0 aromatic carbocycles. The lowest BCUT2D eigenvalue weighted by atomic mass is 10.0. The lowest BCUT2D eigenvalue weighted by molar-refractivity contribution is -0.123. The molecule has 0 saturated heterocycles. The largest absolute Gasteiger partial charge is 0.394 e. The predicted molar refractivity (Wildman–Crippen MR) is 179 cm³/mol. The van der Waals surface area contributed by atoms with Crippen molar-refractivity contribution in [2.24, 2.45) is 0 Å². The van der Waals surface area contributed by atoms with Crippen LogP contribution >= 0.6 is 0 Å². The lowest BCUT2D eigenvalue weighted by Gasteiger charge is -2.19. The summed E-state index contributed by atoms with van der Waals surface area (Å²) < 4.78 is 0. The topological polar surface area (TPSA) is 69.6 Å². The molecule has 0 bridgehead atoms. The molecule has 0 aliphatic carbocycles. The van der Waals surface area contributed by atoms with Gasteiger partial charge in [0.2, 0.25) is 5.91 Å². The zero-order valence-electron chi connectivity index (χ0n) is 27.3. The van der Waals surface area contributed by atoms with E-state index in [1.807, 2.05) is 6.08 Å². The number of aliphatic hydroxyl groups excluding tert-OH is 2. The van der Waals surface area contributed by atoms with Gasteiger partial charge >= 0.3 is 0 Å². The molecule has 0 rings (SSSR count). The Labute approximate surface area is 255 Å². The van der Waals surface area contributed by atoms with Gasteiger partial charge in [-0.05, 0) is 44.9 Å². The molecule has 0 aliphatic rings. The van der Waals surface area contributed by atoms with E-state index in [4.69, 9.17) is 0 Å². The number of hydrogen-bond acceptors (Lipinski definition) is 3. The van der Waals surface area contributed by atoms with E-state index in [1.165, 1.54) is 116 Å². The van der Waals surface area contributed by atoms with Crippen LogP contribution in [-0.2, 0) is 4.79 Å². The number of aliphatic hydroxyl groups is 2. The summed E-state index contributed by atoms with van der Waals surface area (Å²) in [5, 5.41) is 22.8. The van der Waals surface area contributed by atoms with Gasteiger partial charge in [0.15, 0.2) is 0 Å². The third-order valence-electron chi connectivity index (χ3n) is 7.85. The fraction of sp³-hybridized carbons (Fsp3) is 0.811. The molecule has 2 atom stereocenters. The molecule has 3 N–H and O–H groups in total. The standard InChI is InChI=1S/C37H69NO3/c1-3-5-7-9-11-13-15-17-19-20-22-24-26-28-30-32-36(40)35(34-39)38-37(41)33-31-29-27-25-23-21-18-16-14-12-10-8-6-4-2/h15,17,22,24,30,32,35-36,39-40H,3-14,16,18-21,23,25-29,31,33-34H2,1-2H3,(H,38,41)/b17-15+,24-22+,32-30+. The molecule has 0 aromatic heterocycles. The zero-order chi connectivity index (χ0) is 30.1. The number of rotatable bonds is 31. The van der Waals surface area contributed by atoms with Gasteiger partial charge in [-0.25, -0.2) is 0 Å². The predicted octanol–water partition coefficient (Wildman–Crippen LogP) is 10.3. The second-order valence-electron chi connectivity index (χ2n) is 11.9. The van der Waals surface area contributed by atoms with E-state index in [0.29, 0.717) is 6.42 Å². The Balaban J connectivity index is 3.71. The van der Waals surface area contributed by atoms with Gasteiger partial charge in [-0.15, -0.1) is 0 Å². The smallest absolute Gasteiger partial charge is 0.220 e. The van der Waals surface area contributed by atoms with Crippen LogP contribution in [0.25, 0.3) is 0 Å². The maximum atomic E-state index is 12.3. The number of carbonyl (C=O) groups excluding carboxylic acids is 1. The molecule has 0 spiro atoms. The first-order valence-electron chi connectivity index (χ1n) is 17.7. The third-order valence-corrected chi connectivity index (χ3v) is 7.85. The minimum absolute atomic E-state index is 0.0797. The zero-order valence-corrected chi connectivity index (χ0v) is 27.3. The fourth-order valence-corrected chi connectivity index (χ4v) is 5.09. The van der Waals surface area contributed by atoms with Crippen LogP contribution in [0.2, 0.25) is 0 Å². The quantitative estimate of drug-likeness (QED) is 0.0569. The highest BCUT2D eigenvalue weighted by atomic mass is 16.3. The molecule has 240 valence electrons. The van der Waals surface area contributed by atoms with E-state index < -0.39 is 12.1 Å². The van der Waals surface area contributed by atoms with Crippen LogP contribution in [0.5, 0.6) is 0 Å². The van der Waals surface area contributed by atoms with E-state index in [2.05, 4.69) is 43.5 Å². The molecular formula is C37H69NO3. The van der Waals surface area contributed by atoms with Gasteiger partial charge < -0.3 is 15.5 Å². The van der Waals surface area contributed by atoms with Crippen molar-refractivity contribution >= 4 is 5.91 Å². The molecule has 4 heteroatoms. The van der Waals surface area contributed by atoms with Crippen molar-refractivity contribution in [3.63, 3.8) is 0 Å². The lowest BCUT2D eigenvalue weighted by Crippen LogP contribution is -2.45. The van der Waals surface area contributed by atoms with Crippen molar-refractivity contribution in [2.45, 2.75) is 187 Å². The first kappa shape index (κ1) is 39.6. The highest BCUT2D eigenvalue weighted by Crippen LogP contribution is 2.13. The van der Waals surface area contributed by atoms with Crippen LogP contribution < -0.4 is 5.32 Å². The van der Waals surface area contributed by atoms with Gasteiger partial charge in [0, 0.05) is 6.42 Å². The summed E-state index contributed by atoms with van der Waals surface area (Å²) in [6, 6.07) is -0.639. The van der Waals surface area contributed by atoms with Gasteiger partial charge in [0.25, 0.3) is 0 Å². The van der Waals surface area contributed by atoms with Crippen LogP contribution in [-0.4, -0.2) is 34.9 Å². The fourth-order valence-electron chi connectivity index (χ4n) is 5.09. The van der Waals surface area contributed by atoms with E-state index in [0.717, 1.165) is 38.5 Å². The van der Waals surface area contributed by atoms with E-state index in [9.17, 15) is 15.0 Å². The summed E-state index contributed by atoms with van der Waals surface area (Å²) >= 11 is 0.